The number of allylic oxidation sites excluding steroid dienone is 1. The van der Waals surface area contributed by atoms with Gasteiger partial charge in [0.1, 0.15) is 6.09 Å². The molecule has 0 atom stereocenters. The highest BCUT2D eigenvalue weighted by Gasteiger charge is 2.04. The highest BCUT2D eigenvalue weighted by atomic mass is 16.4. The van der Waals surface area contributed by atoms with Crippen molar-refractivity contribution in [2.45, 2.75) is 13.8 Å². The molecule has 0 fully saturated rings. The maximum atomic E-state index is 10.9. The summed E-state index contributed by atoms with van der Waals surface area (Å²) in [5.41, 5.74) is 1.71. The van der Waals surface area contributed by atoms with E-state index in [1.54, 1.807) is 24.3 Å². The third-order valence-electron chi connectivity index (χ3n) is 1.97. The van der Waals surface area contributed by atoms with Crippen molar-refractivity contribution in [3.8, 4) is 0 Å². The van der Waals surface area contributed by atoms with Gasteiger partial charge < -0.3 is 14.8 Å². The van der Waals surface area contributed by atoms with Crippen molar-refractivity contribution in [1.82, 2.24) is 0 Å². The van der Waals surface area contributed by atoms with Crippen molar-refractivity contribution in [1.29, 1.82) is 0 Å². The Labute approximate surface area is 89.6 Å². The smallest absolute Gasteiger partial charge is 0.141 e. The van der Waals surface area contributed by atoms with E-state index >= 15 is 0 Å². The number of hydrogen-bond donors (Lipinski definition) is 0. The van der Waals surface area contributed by atoms with Crippen LogP contribution in [0.1, 0.15) is 13.8 Å². The molecule has 0 saturated carbocycles. The monoisotopic (exact) mass is 204 g/mol. The minimum Gasteiger partial charge on any atom is -0.530 e. The highest BCUT2D eigenvalue weighted by Crippen LogP contribution is 2.12. The van der Waals surface area contributed by atoms with Crippen LogP contribution in [0.4, 0.5) is 10.5 Å². The van der Waals surface area contributed by atoms with Crippen molar-refractivity contribution in [2.24, 2.45) is 0 Å². The zero-order valence-corrected chi connectivity index (χ0v) is 8.93. The Morgan fingerprint density at radius 1 is 1.33 bits per heavy atom. The number of amides is 1. The van der Waals surface area contributed by atoms with Gasteiger partial charge in [0.2, 0.25) is 0 Å². The van der Waals surface area contributed by atoms with Crippen molar-refractivity contribution >= 4 is 11.8 Å². The SMILES string of the molecule is CC(C)=CCN(C(=O)[O-])c1ccccc1. The fraction of sp³-hybridized carbons (Fsp3) is 0.250. The molecule has 3 heteroatoms. The molecule has 0 aliphatic carbocycles. The predicted molar refractivity (Wildman–Crippen MR) is 58.6 cm³/mol. The van der Waals surface area contributed by atoms with Crippen molar-refractivity contribution in [3.63, 3.8) is 0 Å². The maximum absolute atomic E-state index is 10.9. The topological polar surface area (TPSA) is 43.4 Å². The minimum absolute atomic E-state index is 0.328. The molecule has 80 valence electrons. The van der Waals surface area contributed by atoms with Crippen LogP contribution in [0.15, 0.2) is 42.0 Å². The lowest BCUT2D eigenvalue weighted by atomic mass is 10.2. The van der Waals surface area contributed by atoms with E-state index in [1.165, 1.54) is 4.90 Å². The standard InChI is InChI=1S/C12H15NO2/c1-10(2)8-9-13(12(14)15)11-6-4-3-5-7-11/h3-8H,9H2,1-2H3,(H,14,15)/p-1. The van der Waals surface area contributed by atoms with Crippen molar-refractivity contribution in [2.75, 3.05) is 11.4 Å². The summed E-state index contributed by atoms with van der Waals surface area (Å²) in [6, 6.07) is 8.93. The van der Waals surface area contributed by atoms with Crippen LogP contribution in [-0.4, -0.2) is 12.6 Å². The Hall–Kier alpha value is -1.77. The van der Waals surface area contributed by atoms with Gasteiger partial charge in [-0.05, 0) is 26.0 Å². The average molecular weight is 204 g/mol. The molecule has 1 amide bonds. The van der Waals surface area contributed by atoms with E-state index in [-0.39, 0.29) is 0 Å². The predicted octanol–water partition coefficient (Wildman–Crippen LogP) is 1.80. The first-order chi connectivity index (χ1) is 7.11. The van der Waals surface area contributed by atoms with Crippen LogP contribution in [-0.2, 0) is 0 Å². The van der Waals surface area contributed by atoms with E-state index in [1.807, 2.05) is 26.0 Å². The highest BCUT2D eigenvalue weighted by molar-refractivity contribution is 5.84. The molecule has 3 nitrogen and oxygen atoms in total. The van der Waals surface area contributed by atoms with E-state index in [9.17, 15) is 9.90 Å². The van der Waals surface area contributed by atoms with Gasteiger partial charge in [0.05, 0.1) is 0 Å². The molecule has 0 N–H and O–H groups in total. The molecule has 0 unspecified atom stereocenters. The second-order valence-electron chi connectivity index (χ2n) is 3.49. The lowest BCUT2D eigenvalue weighted by Gasteiger charge is -2.23. The Kier molecular flexibility index (Phi) is 3.92. The summed E-state index contributed by atoms with van der Waals surface area (Å²) in [6.07, 6.45) is 0.668. The van der Waals surface area contributed by atoms with Gasteiger partial charge in [0, 0.05) is 12.2 Å². The van der Waals surface area contributed by atoms with Crippen LogP contribution in [0.2, 0.25) is 0 Å². The zero-order chi connectivity index (χ0) is 11.3. The summed E-state index contributed by atoms with van der Waals surface area (Å²) in [7, 11) is 0. The minimum atomic E-state index is -1.18. The molecule has 1 aromatic rings. The van der Waals surface area contributed by atoms with Gasteiger partial charge in [-0.2, -0.15) is 0 Å². The number of carbonyl (C=O) groups is 1. The Balaban J connectivity index is 2.85. The molecule has 0 bridgehead atoms. The van der Waals surface area contributed by atoms with Gasteiger partial charge in [-0.25, -0.2) is 0 Å². The first-order valence-corrected chi connectivity index (χ1v) is 4.78. The number of hydrogen-bond acceptors (Lipinski definition) is 2. The Bertz CT molecular complexity index is 353. The number of para-hydroxylation sites is 1. The number of anilines is 1. The number of rotatable bonds is 3. The second kappa shape index (κ2) is 5.20. The first kappa shape index (κ1) is 11.3. The average Bonchev–Trinajstić information content (AvgIpc) is 2.18. The molecule has 0 spiro atoms. The summed E-state index contributed by atoms with van der Waals surface area (Å²) in [5, 5.41) is 10.9. The van der Waals surface area contributed by atoms with Gasteiger partial charge in [0.15, 0.2) is 0 Å². The summed E-state index contributed by atoms with van der Waals surface area (Å²) in [5.74, 6) is 0. The molecule has 0 radical (unpaired) electrons. The van der Waals surface area contributed by atoms with Crippen LogP contribution in [0.5, 0.6) is 0 Å². The lowest BCUT2D eigenvalue weighted by molar-refractivity contribution is -0.246. The Morgan fingerprint density at radius 3 is 2.40 bits per heavy atom. The molecule has 1 aromatic carbocycles. The molecule has 0 aliphatic rings. The van der Waals surface area contributed by atoms with Crippen LogP contribution >= 0.6 is 0 Å². The second-order valence-corrected chi connectivity index (χ2v) is 3.49. The van der Waals surface area contributed by atoms with E-state index in [4.69, 9.17) is 0 Å². The number of nitrogens with zero attached hydrogens (tertiary/aromatic N) is 1. The van der Waals surface area contributed by atoms with E-state index in [0.717, 1.165) is 5.57 Å². The van der Waals surface area contributed by atoms with Gasteiger partial charge >= 0.3 is 0 Å². The van der Waals surface area contributed by atoms with Crippen LogP contribution in [0.25, 0.3) is 0 Å². The van der Waals surface area contributed by atoms with E-state index < -0.39 is 6.09 Å². The van der Waals surface area contributed by atoms with Crippen LogP contribution in [0.3, 0.4) is 0 Å². The first-order valence-electron chi connectivity index (χ1n) is 4.78. The van der Waals surface area contributed by atoms with Gasteiger partial charge in [0.25, 0.3) is 0 Å². The van der Waals surface area contributed by atoms with Gasteiger partial charge in [-0.1, -0.05) is 29.8 Å². The molecular weight excluding hydrogens is 190 g/mol. The number of carboxylic acid groups (broad SMARTS) is 1. The molecule has 0 saturated heterocycles. The molecule has 0 aliphatic heterocycles. The molecule has 15 heavy (non-hydrogen) atoms. The Morgan fingerprint density at radius 2 is 1.93 bits per heavy atom. The largest absolute Gasteiger partial charge is 0.530 e. The molecule has 0 heterocycles. The van der Waals surface area contributed by atoms with E-state index in [0.29, 0.717) is 12.2 Å². The lowest BCUT2D eigenvalue weighted by Crippen LogP contribution is -2.41. The summed E-state index contributed by atoms with van der Waals surface area (Å²) >= 11 is 0. The summed E-state index contributed by atoms with van der Waals surface area (Å²) in [6.45, 7) is 4.19. The maximum Gasteiger partial charge on any atom is 0.141 e. The summed E-state index contributed by atoms with van der Waals surface area (Å²) < 4.78 is 0. The zero-order valence-electron chi connectivity index (χ0n) is 8.93. The van der Waals surface area contributed by atoms with E-state index in [2.05, 4.69) is 0 Å². The van der Waals surface area contributed by atoms with Crippen molar-refractivity contribution < 1.29 is 9.90 Å². The quantitative estimate of drug-likeness (QED) is 0.705. The van der Waals surface area contributed by atoms with Crippen LogP contribution < -0.4 is 10.0 Å². The van der Waals surface area contributed by atoms with Gasteiger partial charge in [-0.3, -0.25) is 0 Å². The number of benzene rings is 1. The fourth-order valence-corrected chi connectivity index (χ4v) is 1.17. The molecular formula is C12H14NO2-. The summed E-state index contributed by atoms with van der Waals surface area (Å²) in [4.78, 5) is 12.1. The normalized spacial score (nSPS) is 9.47. The third-order valence-corrected chi connectivity index (χ3v) is 1.97. The molecule has 1 rings (SSSR count). The van der Waals surface area contributed by atoms with Crippen molar-refractivity contribution in [3.05, 3.63) is 42.0 Å². The van der Waals surface area contributed by atoms with Gasteiger partial charge in [-0.15, -0.1) is 0 Å². The fourth-order valence-electron chi connectivity index (χ4n) is 1.17. The van der Waals surface area contributed by atoms with Crippen LogP contribution in [0, 0.1) is 0 Å². The number of carbonyl (C=O) groups excluding carboxylic acids is 1. The third kappa shape index (κ3) is 3.46. The molecule has 0 aromatic heterocycles.